The number of nitrogens with one attached hydrogen (secondary N) is 1. The van der Waals surface area contributed by atoms with Gasteiger partial charge in [-0.1, -0.05) is 24.3 Å². The van der Waals surface area contributed by atoms with Gasteiger partial charge < -0.3 is 15.5 Å². The van der Waals surface area contributed by atoms with Gasteiger partial charge in [-0.15, -0.1) is 0 Å². The van der Waals surface area contributed by atoms with Gasteiger partial charge in [0, 0.05) is 16.6 Å². The standard InChI is InChI=1S/C18H14N2O4/c1-10-12(16(19)21)6-4-7-14(10)20-17(22)13-9-11-5-2-3-8-15(11)24-18(13)23/h2-9H,1H3,(H2,19,21)(H,20,22). The Morgan fingerprint density at radius 3 is 2.54 bits per heavy atom. The monoisotopic (exact) mass is 322 g/mol. The van der Waals surface area contributed by atoms with Gasteiger partial charge in [-0.05, 0) is 36.8 Å². The molecular formula is C18H14N2O4. The minimum absolute atomic E-state index is 0.113. The molecule has 0 aliphatic carbocycles. The molecule has 0 unspecified atom stereocenters. The first-order valence-corrected chi connectivity index (χ1v) is 7.21. The van der Waals surface area contributed by atoms with Crippen molar-refractivity contribution < 1.29 is 14.0 Å². The van der Waals surface area contributed by atoms with E-state index in [-0.39, 0.29) is 5.56 Å². The van der Waals surface area contributed by atoms with Crippen molar-refractivity contribution in [2.45, 2.75) is 6.92 Å². The Balaban J connectivity index is 1.99. The number of fused-ring (bicyclic) bond motifs is 1. The van der Waals surface area contributed by atoms with Crippen molar-refractivity contribution in [1.82, 2.24) is 0 Å². The maximum atomic E-state index is 12.4. The van der Waals surface area contributed by atoms with Crippen LogP contribution in [0.2, 0.25) is 0 Å². The van der Waals surface area contributed by atoms with Crippen molar-refractivity contribution in [3.8, 4) is 0 Å². The van der Waals surface area contributed by atoms with Crippen molar-refractivity contribution in [2.75, 3.05) is 5.32 Å². The summed E-state index contributed by atoms with van der Waals surface area (Å²) in [5.74, 6) is -1.20. The van der Waals surface area contributed by atoms with Gasteiger partial charge in [-0.2, -0.15) is 0 Å². The van der Waals surface area contributed by atoms with Gasteiger partial charge in [-0.25, -0.2) is 4.79 Å². The third-order valence-corrected chi connectivity index (χ3v) is 3.73. The highest BCUT2D eigenvalue weighted by atomic mass is 16.4. The molecule has 3 rings (SSSR count). The predicted octanol–water partition coefficient (Wildman–Crippen LogP) is 2.45. The first kappa shape index (κ1) is 15.5. The third kappa shape index (κ3) is 2.77. The molecule has 0 radical (unpaired) electrons. The zero-order chi connectivity index (χ0) is 17.3. The van der Waals surface area contributed by atoms with Crippen molar-refractivity contribution in [3.63, 3.8) is 0 Å². The lowest BCUT2D eigenvalue weighted by Crippen LogP contribution is -2.22. The zero-order valence-corrected chi connectivity index (χ0v) is 12.8. The number of benzene rings is 2. The predicted molar refractivity (Wildman–Crippen MR) is 90.1 cm³/mol. The quantitative estimate of drug-likeness (QED) is 0.723. The summed E-state index contributed by atoms with van der Waals surface area (Å²) in [5.41, 5.74) is 6.10. The Labute approximate surface area is 136 Å². The molecule has 3 aromatic rings. The normalized spacial score (nSPS) is 10.5. The molecule has 6 nitrogen and oxygen atoms in total. The minimum atomic E-state index is -0.727. The van der Waals surface area contributed by atoms with Crippen LogP contribution in [0.15, 0.2) is 57.7 Å². The average molecular weight is 322 g/mol. The fourth-order valence-corrected chi connectivity index (χ4v) is 2.45. The molecule has 120 valence electrons. The van der Waals surface area contributed by atoms with E-state index in [1.165, 1.54) is 6.07 Å². The summed E-state index contributed by atoms with van der Waals surface area (Å²) in [4.78, 5) is 35.8. The molecule has 3 N–H and O–H groups in total. The lowest BCUT2D eigenvalue weighted by molar-refractivity contribution is 0.0995. The van der Waals surface area contributed by atoms with Crippen LogP contribution in [0.25, 0.3) is 11.0 Å². The van der Waals surface area contributed by atoms with Gasteiger partial charge in [0.2, 0.25) is 5.91 Å². The molecule has 0 aliphatic heterocycles. The second-order valence-corrected chi connectivity index (χ2v) is 5.28. The number of rotatable bonds is 3. The van der Waals surface area contributed by atoms with Crippen LogP contribution in [0.5, 0.6) is 0 Å². The summed E-state index contributed by atoms with van der Waals surface area (Å²) < 4.78 is 5.15. The number of para-hydroxylation sites is 1. The highest BCUT2D eigenvalue weighted by molar-refractivity contribution is 6.06. The maximum absolute atomic E-state index is 12.4. The molecule has 0 saturated carbocycles. The summed E-state index contributed by atoms with van der Waals surface area (Å²) in [7, 11) is 0. The van der Waals surface area contributed by atoms with Crippen LogP contribution in [0.1, 0.15) is 26.3 Å². The van der Waals surface area contributed by atoms with Gasteiger partial charge in [0.1, 0.15) is 11.1 Å². The fourth-order valence-electron chi connectivity index (χ4n) is 2.45. The molecule has 0 saturated heterocycles. The van der Waals surface area contributed by atoms with Crippen LogP contribution in [0.3, 0.4) is 0 Å². The van der Waals surface area contributed by atoms with E-state index in [1.807, 2.05) is 0 Å². The lowest BCUT2D eigenvalue weighted by atomic mass is 10.1. The Morgan fingerprint density at radius 2 is 1.79 bits per heavy atom. The Morgan fingerprint density at radius 1 is 1.04 bits per heavy atom. The molecule has 0 atom stereocenters. The summed E-state index contributed by atoms with van der Waals surface area (Å²) in [6, 6.07) is 13.2. The minimum Gasteiger partial charge on any atom is -0.422 e. The van der Waals surface area contributed by atoms with Crippen LogP contribution in [-0.4, -0.2) is 11.8 Å². The molecule has 1 aromatic heterocycles. The largest absolute Gasteiger partial charge is 0.422 e. The molecule has 2 amide bonds. The SMILES string of the molecule is Cc1c(NC(=O)c2cc3ccccc3oc2=O)cccc1C(N)=O. The molecule has 2 aromatic carbocycles. The van der Waals surface area contributed by atoms with Crippen molar-refractivity contribution in [3.05, 3.63) is 75.6 Å². The first-order valence-electron chi connectivity index (χ1n) is 7.21. The number of amides is 2. The summed E-state index contributed by atoms with van der Waals surface area (Å²) in [6.07, 6.45) is 0. The van der Waals surface area contributed by atoms with Gasteiger partial charge in [-0.3, -0.25) is 9.59 Å². The summed E-state index contributed by atoms with van der Waals surface area (Å²) >= 11 is 0. The Hall–Kier alpha value is -3.41. The van der Waals surface area contributed by atoms with Gasteiger partial charge in [0.15, 0.2) is 0 Å². The number of carbonyl (C=O) groups excluding carboxylic acids is 2. The van der Waals surface area contributed by atoms with Gasteiger partial charge >= 0.3 is 5.63 Å². The van der Waals surface area contributed by atoms with Crippen LogP contribution in [-0.2, 0) is 0 Å². The summed E-state index contributed by atoms with van der Waals surface area (Å²) in [5, 5.41) is 3.26. The molecular weight excluding hydrogens is 308 g/mol. The van der Waals surface area contributed by atoms with E-state index in [0.717, 1.165) is 0 Å². The topological polar surface area (TPSA) is 102 Å². The van der Waals surface area contributed by atoms with Crippen LogP contribution < -0.4 is 16.7 Å². The molecule has 0 spiro atoms. The van der Waals surface area contributed by atoms with Crippen LogP contribution in [0.4, 0.5) is 5.69 Å². The molecule has 1 heterocycles. The van der Waals surface area contributed by atoms with E-state index in [4.69, 9.17) is 10.2 Å². The Kier molecular flexibility index (Phi) is 3.87. The number of carbonyl (C=O) groups is 2. The van der Waals surface area contributed by atoms with E-state index in [1.54, 1.807) is 49.4 Å². The van der Waals surface area contributed by atoms with E-state index in [2.05, 4.69) is 5.32 Å². The molecule has 0 aliphatic rings. The Bertz CT molecular complexity index is 1020. The fraction of sp³-hybridized carbons (Fsp3) is 0.0556. The number of primary amides is 1. The molecule has 0 bridgehead atoms. The van der Waals surface area contributed by atoms with Crippen LogP contribution >= 0.6 is 0 Å². The van der Waals surface area contributed by atoms with Crippen molar-refractivity contribution in [1.29, 1.82) is 0 Å². The lowest BCUT2D eigenvalue weighted by Gasteiger charge is -2.10. The van der Waals surface area contributed by atoms with Crippen molar-refractivity contribution in [2.24, 2.45) is 5.73 Å². The molecule has 0 fully saturated rings. The van der Waals surface area contributed by atoms with E-state index >= 15 is 0 Å². The number of anilines is 1. The molecule has 6 heteroatoms. The zero-order valence-electron chi connectivity index (χ0n) is 12.8. The smallest absolute Gasteiger partial charge is 0.349 e. The average Bonchev–Trinajstić information content (AvgIpc) is 2.55. The number of hydrogen-bond donors (Lipinski definition) is 2. The number of nitrogens with two attached hydrogens (primary N) is 1. The van der Waals surface area contributed by atoms with Crippen molar-refractivity contribution >= 4 is 28.5 Å². The third-order valence-electron chi connectivity index (χ3n) is 3.73. The van der Waals surface area contributed by atoms with Crippen LogP contribution in [0, 0.1) is 6.92 Å². The van der Waals surface area contributed by atoms with Gasteiger partial charge in [0.25, 0.3) is 5.91 Å². The van der Waals surface area contributed by atoms with E-state index in [0.29, 0.717) is 27.8 Å². The van der Waals surface area contributed by atoms with E-state index in [9.17, 15) is 14.4 Å². The summed E-state index contributed by atoms with van der Waals surface area (Å²) in [6.45, 7) is 1.67. The highest BCUT2D eigenvalue weighted by Gasteiger charge is 2.16. The molecule has 24 heavy (non-hydrogen) atoms. The van der Waals surface area contributed by atoms with Gasteiger partial charge in [0.05, 0.1) is 0 Å². The van der Waals surface area contributed by atoms with E-state index < -0.39 is 17.4 Å². The second-order valence-electron chi connectivity index (χ2n) is 5.28. The second kappa shape index (κ2) is 6.00. The highest BCUT2D eigenvalue weighted by Crippen LogP contribution is 2.20. The maximum Gasteiger partial charge on any atom is 0.349 e. The number of hydrogen-bond acceptors (Lipinski definition) is 4. The first-order chi connectivity index (χ1) is 11.5.